The van der Waals surface area contributed by atoms with Crippen molar-refractivity contribution in [3.05, 3.63) is 71.5 Å². The highest BCUT2D eigenvalue weighted by Gasteiger charge is 2.44. The average Bonchev–Trinajstić information content (AvgIpc) is 3.45. The second-order valence-corrected chi connectivity index (χ2v) is 7.87. The molecule has 1 aromatic carbocycles. The lowest BCUT2D eigenvalue weighted by atomic mass is 10.1. The Labute approximate surface area is 202 Å². The number of pyridine rings is 1. The summed E-state index contributed by atoms with van der Waals surface area (Å²) in [5.74, 6) is -3.63. The maximum absolute atomic E-state index is 13.5. The van der Waals surface area contributed by atoms with Gasteiger partial charge in [0.05, 0.1) is 17.9 Å². The van der Waals surface area contributed by atoms with Gasteiger partial charge >= 0.3 is 18.2 Å². The van der Waals surface area contributed by atoms with Gasteiger partial charge < -0.3 is 24.0 Å². The Hall–Kier alpha value is -3.93. The lowest BCUT2D eigenvalue weighted by Crippen LogP contribution is -2.22. The first kappa shape index (κ1) is 25.2. The standard InChI is InChI=1S/C24H22F4N4O4/c1-2-35-22(34)18-12-17-11-14(7-9-32(17)20(18)15-3-5-16(25)6-4-15)13-29-23-31-30-21(36-23)19(8-10-33)24(26,27)28/h3-7,9,11-12,19,33H,2,8,10,13H2,1H3,(H,29,31). The second kappa shape index (κ2) is 10.4. The van der Waals surface area contributed by atoms with Crippen LogP contribution in [0.1, 0.15) is 41.1 Å². The van der Waals surface area contributed by atoms with Crippen molar-refractivity contribution in [2.75, 3.05) is 18.5 Å². The van der Waals surface area contributed by atoms with Crippen molar-refractivity contribution in [3.8, 4) is 11.3 Å². The van der Waals surface area contributed by atoms with Crippen molar-refractivity contribution in [3.63, 3.8) is 0 Å². The third-order valence-electron chi connectivity index (χ3n) is 5.45. The third-order valence-corrected chi connectivity index (χ3v) is 5.45. The van der Waals surface area contributed by atoms with Gasteiger partial charge in [0.15, 0.2) is 0 Å². The molecule has 4 rings (SSSR count). The number of aliphatic hydroxyl groups excluding tert-OH is 1. The van der Waals surface area contributed by atoms with Crippen LogP contribution in [0.25, 0.3) is 16.8 Å². The topological polar surface area (TPSA) is 102 Å². The average molecular weight is 506 g/mol. The first-order valence-corrected chi connectivity index (χ1v) is 11.0. The minimum atomic E-state index is -4.63. The molecule has 36 heavy (non-hydrogen) atoms. The van der Waals surface area contributed by atoms with Crippen LogP contribution >= 0.6 is 0 Å². The molecule has 3 aromatic heterocycles. The van der Waals surface area contributed by atoms with Crippen LogP contribution in [0, 0.1) is 5.82 Å². The number of hydrogen-bond donors (Lipinski definition) is 2. The second-order valence-electron chi connectivity index (χ2n) is 7.87. The van der Waals surface area contributed by atoms with Gasteiger partial charge in [-0.3, -0.25) is 0 Å². The molecule has 0 spiro atoms. The number of hydrogen-bond acceptors (Lipinski definition) is 7. The number of anilines is 1. The Morgan fingerprint density at radius 1 is 1.19 bits per heavy atom. The first-order chi connectivity index (χ1) is 17.2. The molecule has 0 fully saturated rings. The normalized spacial score (nSPS) is 12.6. The van der Waals surface area contributed by atoms with Gasteiger partial charge in [0.2, 0.25) is 5.89 Å². The lowest BCUT2D eigenvalue weighted by molar-refractivity contribution is -0.158. The van der Waals surface area contributed by atoms with Crippen LogP contribution in [-0.2, 0) is 11.3 Å². The quantitative estimate of drug-likeness (QED) is 0.245. The van der Waals surface area contributed by atoms with Crippen LogP contribution in [0.2, 0.25) is 0 Å². The summed E-state index contributed by atoms with van der Waals surface area (Å²) in [6.45, 7) is 1.34. The van der Waals surface area contributed by atoms with Gasteiger partial charge in [-0.15, -0.1) is 5.10 Å². The van der Waals surface area contributed by atoms with E-state index in [1.807, 2.05) is 0 Å². The van der Waals surface area contributed by atoms with Crippen molar-refractivity contribution in [1.82, 2.24) is 14.6 Å². The number of carbonyl (C=O) groups excluding carboxylic acids is 1. The molecule has 8 nitrogen and oxygen atoms in total. The van der Waals surface area contributed by atoms with Gasteiger partial charge in [-0.1, -0.05) is 5.10 Å². The summed E-state index contributed by atoms with van der Waals surface area (Å²) in [5, 5.41) is 18.8. The Bertz CT molecular complexity index is 1350. The van der Waals surface area contributed by atoms with E-state index < -0.39 is 42.8 Å². The molecule has 0 saturated heterocycles. The predicted molar refractivity (Wildman–Crippen MR) is 121 cm³/mol. The molecule has 190 valence electrons. The van der Waals surface area contributed by atoms with Gasteiger partial charge in [-0.25, -0.2) is 9.18 Å². The number of aliphatic hydroxyl groups is 1. The number of halogens is 4. The smallest absolute Gasteiger partial charge is 0.400 e. The summed E-state index contributed by atoms with van der Waals surface area (Å²) in [6.07, 6.45) is -3.51. The number of fused-ring (bicyclic) bond motifs is 1. The number of carbonyl (C=O) groups is 1. The molecule has 0 amide bonds. The number of alkyl halides is 3. The molecule has 0 aliphatic carbocycles. The minimum absolute atomic E-state index is 0.140. The molecular formula is C24H22F4N4O4. The zero-order chi connectivity index (χ0) is 25.9. The van der Waals surface area contributed by atoms with Crippen LogP contribution in [-0.4, -0.2) is 45.1 Å². The molecule has 0 saturated carbocycles. The number of aromatic nitrogens is 3. The maximum Gasteiger partial charge on any atom is 0.400 e. The molecule has 3 heterocycles. The molecule has 4 aromatic rings. The number of ether oxygens (including phenoxy) is 1. The van der Waals surface area contributed by atoms with Crippen molar-refractivity contribution < 1.29 is 36.6 Å². The van der Waals surface area contributed by atoms with Crippen molar-refractivity contribution >= 4 is 17.5 Å². The van der Waals surface area contributed by atoms with Crippen molar-refractivity contribution in [2.24, 2.45) is 0 Å². The number of rotatable bonds is 9. The monoisotopic (exact) mass is 506 g/mol. The van der Waals surface area contributed by atoms with E-state index in [4.69, 9.17) is 14.3 Å². The Morgan fingerprint density at radius 3 is 2.61 bits per heavy atom. The van der Waals surface area contributed by atoms with E-state index in [9.17, 15) is 22.4 Å². The number of esters is 1. The zero-order valence-electron chi connectivity index (χ0n) is 19.1. The molecule has 0 aliphatic rings. The molecular weight excluding hydrogens is 484 g/mol. The van der Waals surface area contributed by atoms with Crippen LogP contribution < -0.4 is 5.32 Å². The van der Waals surface area contributed by atoms with Crippen LogP contribution in [0.3, 0.4) is 0 Å². The highest BCUT2D eigenvalue weighted by atomic mass is 19.4. The molecule has 2 N–H and O–H groups in total. The molecule has 1 unspecified atom stereocenters. The van der Waals surface area contributed by atoms with E-state index in [-0.39, 0.29) is 19.2 Å². The summed E-state index contributed by atoms with van der Waals surface area (Å²) >= 11 is 0. The van der Waals surface area contributed by atoms with Crippen LogP contribution in [0.15, 0.2) is 53.1 Å². The third kappa shape index (κ3) is 5.33. The summed E-state index contributed by atoms with van der Waals surface area (Å²) in [6, 6.07) is 10.7. The fourth-order valence-electron chi connectivity index (χ4n) is 3.78. The minimum Gasteiger partial charge on any atom is -0.462 e. The first-order valence-electron chi connectivity index (χ1n) is 11.0. The van der Waals surface area contributed by atoms with Gasteiger partial charge in [0.1, 0.15) is 11.7 Å². The van der Waals surface area contributed by atoms with Gasteiger partial charge in [-0.05, 0) is 66.9 Å². The van der Waals surface area contributed by atoms with E-state index in [0.29, 0.717) is 27.9 Å². The molecule has 12 heteroatoms. The van der Waals surface area contributed by atoms with E-state index in [1.165, 1.54) is 12.1 Å². The predicted octanol–water partition coefficient (Wildman–Crippen LogP) is 4.95. The highest BCUT2D eigenvalue weighted by molar-refractivity contribution is 5.99. The highest BCUT2D eigenvalue weighted by Crippen LogP contribution is 2.37. The van der Waals surface area contributed by atoms with Crippen molar-refractivity contribution in [1.29, 1.82) is 0 Å². The molecule has 0 radical (unpaired) electrons. The summed E-state index contributed by atoms with van der Waals surface area (Å²) < 4.78 is 65.0. The number of benzene rings is 1. The summed E-state index contributed by atoms with van der Waals surface area (Å²) in [7, 11) is 0. The Kier molecular flexibility index (Phi) is 7.25. The van der Waals surface area contributed by atoms with Crippen LogP contribution in [0.4, 0.5) is 23.6 Å². The maximum atomic E-state index is 13.5. The fourth-order valence-corrected chi connectivity index (χ4v) is 3.78. The van der Waals surface area contributed by atoms with Gasteiger partial charge in [-0.2, -0.15) is 13.2 Å². The van der Waals surface area contributed by atoms with Gasteiger partial charge in [0, 0.05) is 24.9 Å². The Balaban J connectivity index is 1.59. The van der Waals surface area contributed by atoms with Gasteiger partial charge in [0.25, 0.3) is 0 Å². The van der Waals surface area contributed by atoms with E-state index in [2.05, 4.69) is 15.5 Å². The number of nitrogens with one attached hydrogen (secondary N) is 1. The van der Waals surface area contributed by atoms with E-state index >= 15 is 0 Å². The Morgan fingerprint density at radius 2 is 1.94 bits per heavy atom. The largest absolute Gasteiger partial charge is 0.462 e. The molecule has 0 aliphatic heterocycles. The fraction of sp³-hybridized carbons (Fsp3) is 0.292. The zero-order valence-corrected chi connectivity index (χ0v) is 19.1. The molecule has 1 atom stereocenters. The summed E-state index contributed by atoms with van der Waals surface area (Å²) in [5.41, 5.74) is 2.81. The van der Waals surface area contributed by atoms with E-state index in [1.54, 1.807) is 47.9 Å². The van der Waals surface area contributed by atoms with E-state index in [0.717, 1.165) is 0 Å². The van der Waals surface area contributed by atoms with Crippen LogP contribution in [0.5, 0.6) is 0 Å². The summed E-state index contributed by atoms with van der Waals surface area (Å²) in [4.78, 5) is 12.6. The molecule has 0 bridgehead atoms. The lowest BCUT2D eigenvalue weighted by Gasteiger charge is -2.15. The SMILES string of the molecule is CCOC(=O)c1cc2cc(CNc3nnc(C(CCO)C(F)(F)F)o3)ccn2c1-c1ccc(F)cc1. The van der Waals surface area contributed by atoms with Crippen molar-refractivity contribution in [2.45, 2.75) is 32.0 Å². The number of nitrogens with zero attached hydrogens (tertiary/aromatic N) is 3.